The van der Waals surface area contributed by atoms with E-state index in [4.69, 9.17) is 19.4 Å². The average molecular weight is 511 g/mol. The second kappa shape index (κ2) is 12.6. The molecule has 2 heterocycles. The van der Waals surface area contributed by atoms with Crippen LogP contribution in [0.1, 0.15) is 25.3 Å². The van der Waals surface area contributed by atoms with Gasteiger partial charge in [-0.05, 0) is 42.2 Å². The van der Waals surface area contributed by atoms with Crippen LogP contribution in [0.25, 0.3) is 33.4 Å². The molecule has 0 aliphatic carbocycles. The fraction of sp³-hybridized carbons (Fsp3) is 0.323. The van der Waals surface area contributed by atoms with E-state index >= 15 is 0 Å². The van der Waals surface area contributed by atoms with Gasteiger partial charge in [0.05, 0.1) is 25.3 Å². The summed E-state index contributed by atoms with van der Waals surface area (Å²) in [4.78, 5) is 23.8. The number of morpholine rings is 1. The maximum atomic E-state index is 11.7. The van der Waals surface area contributed by atoms with Crippen molar-refractivity contribution < 1.29 is 14.3 Å². The van der Waals surface area contributed by atoms with Crippen molar-refractivity contribution in [3.8, 4) is 22.5 Å². The fourth-order valence-corrected chi connectivity index (χ4v) is 4.75. The summed E-state index contributed by atoms with van der Waals surface area (Å²) >= 11 is 0. The summed E-state index contributed by atoms with van der Waals surface area (Å²) < 4.78 is 10.5. The van der Waals surface area contributed by atoms with Gasteiger partial charge in [-0.25, -0.2) is 9.97 Å². The second-order valence-electron chi connectivity index (χ2n) is 9.37. The van der Waals surface area contributed by atoms with Crippen LogP contribution in [0, 0.1) is 0 Å². The highest BCUT2D eigenvalue weighted by Crippen LogP contribution is 2.29. The van der Waals surface area contributed by atoms with Crippen molar-refractivity contribution in [3.63, 3.8) is 0 Å². The van der Waals surface area contributed by atoms with E-state index < -0.39 is 0 Å². The van der Waals surface area contributed by atoms with E-state index in [1.54, 1.807) is 0 Å². The van der Waals surface area contributed by atoms with Gasteiger partial charge in [0.1, 0.15) is 5.82 Å². The minimum Gasteiger partial charge on any atom is -0.466 e. The third-order valence-electron chi connectivity index (χ3n) is 6.73. The monoisotopic (exact) mass is 510 g/mol. The maximum absolute atomic E-state index is 11.7. The molecule has 7 heteroatoms. The van der Waals surface area contributed by atoms with Crippen LogP contribution in [0.15, 0.2) is 72.8 Å². The third-order valence-corrected chi connectivity index (χ3v) is 6.73. The highest BCUT2D eigenvalue weighted by Gasteiger charge is 2.14. The van der Waals surface area contributed by atoms with Gasteiger partial charge in [-0.15, -0.1) is 0 Å². The summed E-state index contributed by atoms with van der Waals surface area (Å²) in [5.74, 6) is 1.27. The summed E-state index contributed by atoms with van der Waals surface area (Å²) in [6.07, 6.45) is 1.05. The zero-order valence-electron chi connectivity index (χ0n) is 21.9. The number of hydrogen-bond acceptors (Lipinski definition) is 7. The topological polar surface area (TPSA) is 76.6 Å². The second-order valence-corrected chi connectivity index (χ2v) is 9.37. The molecular formula is C31H34N4O3. The number of carbonyl (C=O) groups is 1. The zero-order chi connectivity index (χ0) is 26.2. The Kier molecular flexibility index (Phi) is 8.58. The summed E-state index contributed by atoms with van der Waals surface area (Å²) in [5.41, 5.74) is 5.58. The molecule has 1 aliphatic heterocycles. The van der Waals surface area contributed by atoms with Gasteiger partial charge in [-0.1, -0.05) is 60.7 Å². The van der Waals surface area contributed by atoms with Crippen molar-refractivity contribution in [1.82, 2.24) is 14.9 Å². The molecular weight excluding hydrogens is 476 g/mol. The Morgan fingerprint density at radius 2 is 1.68 bits per heavy atom. The maximum Gasteiger partial charge on any atom is 0.305 e. The zero-order valence-corrected chi connectivity index (χ0v) is 21.9. The van der Waals surface area contributed by atoms with Crippen molar-refractivity contribution in [1.29, 1.82) is 0 Å². The Balaban J connectivity index is 1.35. The average Bonchev–Trinajstić information content (AvgIpc) is 2.96. The highest BCUT2D eigenvalue weighted by atomic mass is 16.5. The van der Waals surface area contributed by atoms with Crippen LogP contribution >= 0.6 is 0 Å². The summed E-state index contributed by atoms with van der Waals surface area (Å²) in [7, 11) is 0. The van der Waals surface area contributed by atoms with Gasteiger partial charge in [-0.3, -0.25) is 9.69 Å². The highest BCUT2D eigenvalue weighted by molar-refractivity contribution is 5.90. The minimum absolute atomic E-state index is 0.172. The first-order chi connectivity index (χ1) is 18.7. The van der Waals surface area contributed by atoms with Crippen LogP contribution < -0.4 is 5.32 Å². The normalized spacial score (nSPS) is 13.9. The molecule has 1 N–H and O–H groups in total. The Morgan fingerprint density at radius 3 is 2.50 bits per heavy atom. The molecule has 0 saturated carbocycles. The summed E-state index contributed by atoms with van der Waals surface area (Å²) in [6, 6.07) is 25.1. The number of benzene rings is 3. The van der Waals surface area contributed by atoms with E-state index in [9.17, 15) is 4.79 Å². The van der Waals surface area contributed by atoms with Gasteiger partial charge in [-0.2, -0.15) is 0 Å². The van der Waals surface area contributed by atoms with Gasteiger partial charge in [0, 0.05) is 43.5 Å². The first kappa shape index (κ1) is 25.8. The lowest BCUT2D eigenvalue weighted by Gasteiger charge is -2.27. The molecule has 38 heavy (non-hydrogen) atoms. The molecule has 0 bridgehead atoms. The van der Waals surface area contributed by atoms with Crippen LogP contribution in [0.4, 0.5) is 5.82 Å². The van der Waals surface area contributed by atoms with E-state index in [-0.39, 0.29) is 5.97 Å². The molecule has 0 unspecified atom stereocenters. The Morgan fingerprint density at radius 1 is 0.947 bits per heavy atom. The number of carbonyl (C=O) groups excluding carboxylic acids is 1. The lowest BCUT2D eigenvalue weighted by atomic mass is 9.98. The number of anilines is 1. The fourth-order valence-electron chi connectivity index (χ4n) is 4.75. The molecule has 196 valence electrons. The molecule has 5 rings (SSSR count). The number of nitrogens with zero attached hydrogens (tertiary/aromatic N) is 3. The van der Waals surface area contributed by atoms with E-state index in [1.807, 2.05) is 31.2 Å². The first-order valence-electron chi connectivity index (χ1n) is 13.4. The van der Waals surface area contributed by atoms with Crippen molar-refractivity contribution in [2.24, 2.45) is 0 Å². The molecule has 0 amide bonds. The standard InChI is InChI=1S/C31H34N4O3/c1-2-38-29(36)12-7-17-32-31-27-10-5-6-11-28(27)33-30(34-31)24-15-13-23(14-16-24)26-9-4-3-8-25(26)22-35-18-20-37-21-19-35/h3-6,8-11,13-16H,2,7,12,17-22H2,1H3,(H,32,33,34). The minimum atomic E-state index is -0.172. The Hall–Kier alpha value is -3.81. The van der Waals surface area contributed by atoms with Gasteiger partial charge in [0.25, 0.3) is 0 Å². The Labute approximate surface area is 223 Å². The summed E-state index contributed by atoms with van der Waals surface area (Å²) in [5, 5.41) is 4.37. The summed E-state index contributed by atoms with van der Waals surface area (Å²) in [6.45, 7) is 7.29. The molecule has 1 saturated heterocycles. The number of esters is 1. The molecule has 1 aliphatic rings. The van der Waals surface area contributed by atoms with Crippen LogP contribution in [0.2, 0.25) is 0 Å². The van der Waals surface area contributed by atoms with Crippen LogP contribution in [-0.4, -0.2) is 60.3 Å². The van der Waals surface area contributed by atoms with Gasteiger partial charge in [0.15, 0.2) is 5.82 Å². The van der Waals surface area contributed by atoms with E-state index in [0.717, 1.165) is 55.1 Å². The smallest absolute Gasteiger partial charge is 0.305 e. The predicted octanol–water partition coefficient (Wildman–Crippen LogP) is 5.55. The number of rotatable bonds is 10. The van der Waals surface area contributed by atoms with E-state index in [0.29, 0.717) is 31.8 Å². The van der Waals surface area contributed by atoms with Crippen LogP contribution in [0.3, 0.4) is 0 Å². The lowest BCUT2D eigenvalue weighted by Crippen LogP contribution is -2.35. The number of hydrogen-bond donors (Lipinski definition) is 1. The molecule has 1 aromatic heterocycles. The largest absolute Gasteiger partial charge is 0.466 e. The van der Waals surface area contributed by atoms with Crippen LogP contribution in [-0.2, 0) is 20.8 Å². The molecule has 7 nitrogen and oxygen atoms in total. The van der Waals surface area contributed by atoms with Gasteiger partial charge in [0.2, 0.25) is 0 Å². The SMILES string of the molecule is CCOC(=O)CCCNc1nc(-c2ccc(-c3ccccc3CN3CCOCC3)cc2)nc2ccccc12. The quantitative estimate of drug-likeness (QED) is 0.221. The third kappa shape index (κ3) is 6.36. The van der Waals surface area contributed by atoms with Crippen molar-refractivity contribution >= 4 is 22.7 Å². The number of fused-ring (bicyclic) bond motifs is 1. The van der Waals surface area contributed by atoms with E-state index in [1.165, 1.54) is 16.7 Å². The predicted molar refractivity (Wildman–Crippen MR) is 151 cm³/mol. The first-order valence-corrected chi connectivity index (χ1v) is 13.4. The molecule has 1 fully saturated rings. The molecule has 3 aromatic carbocycles. The molecule has 0 spiro atoms. The van der Waals surface area contributed by atoms with Crippen molar-refractivity contribution in [2.75, 3.05) is 44.8 Å². The number of ether oxygens (including phenoxy) is 2. The molecule has 0 atom stereocenters. The Bertz CT molecular complexity index is 1370. The lowest BCUT2D eigenvalue weighted by molar-refractivity contribution is -0.143. The number of para-hydroxylation sites is 1. The van der Waals surface area contributed by atoms with Crippen molar-refractivity contribution in [3.05, 3.63) is 78.4 Å². The van der Waals surface area contributed by atoms with Crippen molar-refractivity contribution in [2.45, 2.75) is 26.3 Å². The van der Waals surface area contributed by atoms with Gasteiger partial charge >= 0.3 is 5.97 Å². The number of nitrogens with one attached hydrogen (secondary N) is 1. The van der Waals surface area contributed by atoms with Crippen LogP contribution in [0.5, 0.6) is 0 Å². The van der Waals surface area contributed by atoms with Gasteiger partial charge < -0.3 is 14.8 Å². The molecule has 0 radical (unpaired) electrons. The number of aromatic nitrogens is 2. The van der Waals surface area contributed by atoms with E-state index in [2.05, 4.69) is 58.7 Å². The molecule has 4 aromatic rings.